The van der Waals surface area contributed by atoms with Crippen molar-refractivity contribution in [2.75, 3.05) is 46.6 Å². The fourth-order valence-electron chi connectivity index (χ4n) is 3.22. The molecule has 8 nitrogen and oxygen atoms in total. The molecule has 1 saturated carbocycles. The van der Waals surface area contributed by atoms with Gasteiger partial charge in [-0.25, -0.2) is 0 Å². The summed E-state index contributed by atoms with van der Waals surface area (Å²) in [6.45, 7) is 4.71. The number of amides is 2. The minimum atomic E-state index is -0.00420. The zero-order valence-corrected chi connectivity index (χ0v) is 17.4. The van der Waals surface area contributed by atoms with Crippen LogP contribution in [0.5, 0.6) is 0 Å². The Morgan fingerprint density at radius 3 is 2.18 bits per heavy atom. The minimum Gasteiger partial charge on any atom is -0.379 e. The number of nitrogens with one attached hydrogen (secondary N) is 3. The van der Waals surface area contributed by atoms with Gasteiger partial charge in [0.25, 0.3) is 0 Å². The molecule has 1 aliphatic carbocycles. The van der Waals surface area contributed by atoms with Gasteiger partial charge in [0.05, 0.1) is 26.4 Å². The Balaban J connectivity index is 1.92. The van der Waals surface area contributed by atoms with Crippen molar-refractivity contribution in [2.45, 2.75) is 57.9 Å². The molecule has 1 rings (SSSR count). The molecule has 0 radical (unpaired) electrons. The molecule has 0 unspecified atom stereocenters. The molecule has 0 spiro atoms. The Morgan fingerprint density at radius 2 is 1.54 bits per heavy atom. The number of Topliss-reactive ketones (excluding diaryl/α,β-unsaturated/α-hetero) is 1. The Kier molecular flexibility index (Phi) is 13.5. The number of carbonyl (C=O) groups is 3. The van der Waals surface area contributed by atoms with E-state index in [1.54, 1.807) is 0 Å². The van der Waals surface area contributed by atoms with Crippen LogP contribution in [0.15, 0.2) is 0 Å². The van der Waals surface area contributed by atoms with Gasteiger partial charge < -0.3 is 25.4 Å². The normalized spacial score (nSPS) is 19.2. The molecule has 8 heteroatoms. The predicted molar refractivity (Wildman–Crippen MR) is 107 cm³/mol. The van der Waals surface area contributed by atoms with Gasteiger partial charge in [0.1, 0.15) is 5.78 Å². The molecule has 0 atom stereocenters. The average Bonchev–Trinajstić information content (AvgIpc) is 2.70. The standard InChI is InChI=1S/C20H37N3O5/c1-3-18(24)16-4-6-17(7-5-16)23-20(26)9-12-27-14-15-28-13-11-22-19(25)8-10-21-2/h16-17,21H,3-15H2,1-2H3,(H,22,25)(H,23,26). The lowest BCUT2D eigenvalue weighted by molar-refractivity contribution is -0.124. The maximum atomic E-state index is 12.0. The molecule has 1 fully saturated rings. The van der Waals surface area contributed by atoms with E-state index in [2.05, 4.69) is 16.0 Å². The minimum absolute atomic E-state index is 0.00420. The van der Waals surface area contributed by atoms with E-state index >= 15 is 0 Å². The fraction of sp³-hybridized carbons (Fsp3) is 0.850. The topological polar surface area (TPSA) is 106 Å². The number of hydrogen-bond donors (Lipinski definition) is 3. The smallest absolute Gasteiger partial charge is 0.222 e. The highest BCUT2D eigenvalue weighted by atomic mass is 16.5. The Morgan fingerprint density at radius 1 is 0.857 bits per heavy atom. The van der Waals surface area contributed by atoms with Crippen LogP contribution in [0, 0.1) is 5.92 Å². The van der Waals surface area contributed by atoms with Crippen molar-refractivity contribution in [3.05, 3.63) is 0 Å². The third-order valence-electron chi connectivity index (χ3n) is 4.91. The summed E-state index contributed by atoms with van der Waals surface area (Å²) < 4.78 is 10.8. The Bertz CT molecular complexity index is 465. The first-order chi connectivity index (χ1) is 13.6. The zero-order chi connectivity index (χ0) is 20.6. The van der Waals surface area contributed by atoms with Crippen molar-refractivity contribution in [3.63, 3.8) is 0 Å². The first-order valence-corrected chi connectivity index (χ1v) is 10.5. The Labute approximate surface area is 168 Å². The van der Waals surface area contributed by atoms with Gasteiger partial charge in [-0.3, -0.25) is 14.4 Å². The maximum absolute atomic E-state index is 12.0. The van der Waals surface area contributed by atoms with E-state index in [-0.39, 0.29) is 23.8 Å². The van der Waals surface area contributed by atoms with Crippen molar-refractivity contribution in [1.82, 2.24) is 16.0 Å². The van der Waals surface area contributed by atoms with Gasteiger partial charge in [0.2, 0.25) is 11.8 Å². The van der Waals surface area contributed by atoms with Crippen molar-refractivity contribution < 1.29 is 23.9 Å². The lowest BCUT2D eigenvalue weighted by Crippen LogP contribution is -2.39. The van der Waals surface area contributed by atoms with Crippen molar-refractivity contribution in [3.8, 4) is 0 Å². The van der Waals surface area contributed by atoms with E-state index in [1.807, 2.05) is 14.0 Å². The largest absolute Gasteiger partial charge is 0.379 e. The second-order valence-electron chi connectivity index (χ2n) is 7.11. The van der Waals surface area contributed by atoms with Gasteiger partial charge in [0, 0.05) is 44.3 Å². The molecule has 162 valence electrons. The quantitative estimate of drug-likeness (QED) is 0.352. The first kappa shape index (κ1) is 24.5. The van der Waals surface area contributed by atoms with E-state index < -0.39 is 0 Å². The molecule has 2 amide bonds. The summed E-state index contributed by atoms with van der Waals surface area (Å²) in [5, 5.41) is 8.72. The van der Waals surface area contributed by atoms with Crippen LogP contribution in [0.4, 0.5) is 0 Å². The van der Waals surface area contributed by atoms with E-state index in [9.17, 15) is 14.4 Å². The van der Waals surface area contributed by atoms with Crippen LogP contribution < -0.4 is 16.0 Å². The number of hydrogen-bond acceptors (Lipinski definition) is 6. The van der Waals surface area contributed by atoms with Gasteiger partial charge in [-0.1, -0.05) is 6.92 Å². The number of ketones is 1. The first-order valence-electron chi connectivity index (χ1n) is 10.5. The van der Waals surface area contributed by atoms with Crippen LogP contribution in [0.1, 0.15) is 51.9 Å². The fourth-order valence-corrected chi connectivity index (χ4v) is 3.22. The highest BCUT2D eigenvalue weighted by Gasteiger charge is 2.25. The molecule has 0 aromatic carbocycles. The second-order valence-corrected chi connectivity index (χ2v) is 7.11. The summed E-state index contributed by atoms with van der Waals surface area (Å²) in [4.78, 5) is 35.0. The van der Waals surface area contributed by atoms with Crippen LogP contribution in [-0.4, -0.2) is 70.2 Å². The monoisotopic (exact) mass is 399 g/mol. The number of rotatable bonds is 15. The van der Waals surface area contributed by atoms with Crippen molar-refractivity contribution >= 4 is 17.6 Å². The molecule has 3 N–H and O–H groups in total. The van der Waals surface area contributed by atoms with E-state index in [1.165, 1.54) is 0 Å². The van der Waals surface area contributed by atoms with Crippen molar-refractivity contribution in [1.29, 1.82) is 0 Å². The molecule has 0 saturated heterocycles. The molecule has 0 aliphatic heterocycles. The van der Waals surface area contributed by atoms with Gasteiger partial charge in [0.15, 0.2) is 0 Å². The maximum Gasteiger partial charge on any atom is 0.222 e. The molecule has 0 bridgehead atoms. The highest BCUT2D eigenvalue weighted by Crippen LogP contribution is 2.25. The molecule has 1 aliphatic rings. The van der Waals surface area contributed by atoms with Crippen LogP contribution in [-0.2, 0) is 23.9 Å². The van der Waals surface area contributed by atoms with Gasteiger partial charge in [-0.2, -0.15) is 0 Å². The summed E-state index contributed by atoms with van der Waals surface area (Å²) in [7, 11) is 1.81. The Hall–Kier alpha value is -1.51. The van der Waals surface area contributed by atoms with Crippen LogP contribution >= 0.6 is 0 Å². The third kappa shape index (κ3) is 11.4. The average molecular weight is 400 g/mol. The summed E-state index contributed by atoms with van der Waals surface area (Å²) in [6, 6.07) is 0.181. The summed E-state index contributed by atoms with van der Waals surface area (Å²) >= 11 is 0. The molecule has 28 heavy (non-hydrogen) atoms. The molecular formula is C20H37N3O5. The predicted octanol–water partition coefficient (Wildman–Crippen LogP) is 0.790. The van der Waals surface area contributed by atoms with Crippen LogP contribution in [0.25, 0.3) is 0 Å². The lowest BCUT2D eigenvalue weighted by atomic mass is 9.83. The second kappa shape index (κ2) is 15.4. The summed E-state index contributed by atoms with van der Waals surface area (Å²) in [5.74, 6) is 0.529. The SMILES string of the molecule is CCC(=O)C1CCC(NC(=O)CCOCCOCCNC(=O)CCNC)CC1. The van der Waals surface area contributed by atoms with E-state index in [0.717, 1.165) is 25.7 Å². The lowest BCUT2D eigenvalue weighted by Gasteiger charge is -2.28. The molecule has 0 heterocycles. The molecule has 0 aromatic rings. The van der Waals surface area contributed by atoms with Gasteiger partial charge >= 0.3 is 0 Å². The highest BCUT2D eigenvalue weighted by molar-refractivity contribution is 5.81. The summed E-state index contributed by atoms with van der Waals surface area (Å²) in [5.41, 5.74) is 0. The number of carbonyl (C=O) groups excluding carboxylic acids is 3. The van der Waals surface area contributed by atoms with Crippen LogP contribution in [0.3, 0.4) is 0 Å². The van der Waals surface area contributed by atoms with Gasteiger partial charge in [-0.15, -0.1) is 0 Å². The van der Waals surface area contributed by atoms with Gasteiger partial charge in [-0.05, 0) is 32.7 Å². The number of ether oxygens (including phenoxy) is 2. The summed E-state index contributed by atoms with van der Waals surface area (Å²) in [6.07, 6.45) is 4.90. The molecule has 0 aromatic heterocycles. The van der Waals surface area contributed by atoms with Crippen molar-refractivity contribution in [2.24, 2.45) is 5.92 Å². The van der Waals surface area contributed by atoms with Crippen LogP contribution in [0.2, 0.25) is 0 Å². The van der Waals surface area contributed by atoms with E-state index in [4.69, 9.17) is 9.47 Å². The zero-order valence-electron chi connectivity index (χ0n) is 17.4. The van der Waals surface area contributed by atoms with E-state index in [0.29, 0.717) is 64.6 Å². The molecular weight excluding hydrogens is 362 g/mol. The third-order valence-corrected chi connectivity index (χ3v) is 4.91.